The molecule has 0 saturated heterocycles. The van der Waals surface area contributed by atoms with Crippen molar-refractivity contribution in [2.24, 2.45) is 0 Å². The van der Waals surface area contributed by atoms with Crippen molar-refractivity contribution in [1.82, 2.24) is 0 Å². The van der Waals surface area contributed by atoms with E-state index in [1.54, 1.807) is 0 Å². The first-order chi connectivity index (χ1) is 2.00. The second kappa shape index (κ2) is 5.69. The Morgan fingerprint density at radius 3 is 1.14 bits per heavy atom. The van der Waals surface area contributed by atoms with Crippen LogP contribution in [0.5, 0.6) is 0 Å². The van der Waals surface area contributed by atoms with Gasteiger partial charge in [-0.3, -0.25) is 8.42 Å². The summed E-state index contributed by atoms with van der Waals surface area (Å²) in [4.78, 5) is 0. The third kappa shape index (κ3) is 96.2. The maximum atomic E-state index is 8.52. The van der Waals surface area contributed by atoms with Gasteiger partial charge in [-0.15, -0.1) is 0 Å². The summed E-state index contributed by atoms with van der Waals surface area (Å²) in [6.07, 6.45) is 0. The average molecular weight is 215 g/mol. The molecule has 4 nitrogen and oxygen atoms in total. The summed E-state index contributed by atoms with van der Waals surface area (Å²) >= 11 is 0. The minimum Gasteiger partial charge on any atom is -0.759 e. The summed E-state index contributed by atoms with van der Waals surface area (Å²) in [6.45, 7) is 0. The van der Waals surface area contributed by atoms with Crippen LogP contribution < -0.4 is 29.6 Å². The van der Waals surface area contributed by atoms with Gasteiger partial charge in [0.25, 0.3) is 0 Å². The van der Waals surface area contributed by atoms with E-state index < -0.39 is 10.4 Å². The molecule has 0 heterocycles. The van der Waals surface area contributed by atoms with Crippen LogP contribution in [0.25, 0.3) is 0 Å². The SMILES string of the molecule is O=S(=O)([O-])[O-].[Mo+4].[Na+]. The molecule has 0 spiro atoms. The van der Waals surface area contributed by atoms with Crippen LogP contribution in [0.4, 0.5) is 0 Å². The fraction of sp³-hybridized carbons (Fsp3) is 0. The first-order valence-electron chi connectivity index (χ1n) is 0.667. The number of hydrogen-bond donors (Lipinski definition) is 0. The van der Waals surface area contributed by atoms with Gasteiger partial charge in [0.15, 0.2) is 0 Å². The molecule has 0 saturated carbocycles. The molecule has 0 fully saturated rings. The molecule has 0 atom stereocenters. The molecule has 0 radical (unpaired) electrons. The van der Waals surface area contributed by atoms with E-state index in [1.165, 1.54) is 0 Å². The van der Waals surface area contributed by atoms with Gasteiger partial charge in [0.05, 0.1) is 0 Å². The molecule has 0 aromatic rings. The second-order valence-corrected chi connectivity index (χ2v) is 1.22. The standard InChI is InChI=1S/Mo.Na.H2O4S/c;;1-5(2,3)4/h;;(H2,1,2,3,4)/q+4;+1;/p-2. The molecule has 0 N–H and O–H groups in total. The Kier molecular flexibility index (Phi) is 12.9. The van der Waals surface area contributed by atoms with Crippen LogP contribution in [0.3, 0.4) is 0 Å². The van der Waals surface area contributed by atoms with E-state index >= 15 is 0 Å². The Labute approximate surface area is 77.8 Å². The van der Waals surface area contributed by atoms with Crippen LogP contribution in [0.2, 0.25) is 0 Å². The summed E-state index contributed by atoms with van der Waals surface area (Å²) in [6, 6.07) is 0. The van der Waals surface area contributed by atoms with Crippen LogP contribution in [-0.2, 0) is 31.5 Å². The van der Waals surface area contributed by atoms with E-state index in [2.05, 4.69) is 0 Å². The van der Waals surface area contributed by atoms with Gasteiger partial charge in [0.2, 0.25) is 0 Å². The summed E-state index contributed by atoms with van der Waals surface area (Å²) in [5.41, 5.74) is 0. The Morgan fingerprint density at radius 2 is 1.14 bits per heavy atom. The van der Waals surface area contributed by atoms with Crippen LogP contribution >= 0.6 is 0 Å². The predicted molar refractivity (Wildman–Crippen MR) is 10.5 cm³/mol. The fourth-order valence-electron chi connectivity index (χ4n) is 0. The number of hydrogen-bond acceptors (Lipinski definition) is 4. The van der Waals surface area contributed by atoms with Crippen molar-refractivity contribution >= 4 is 10.4 Å². The molecule has 7 heteroatoms. The molecular weight excluding hydrogens is 215 g/mol. The van der Waals surface area contributed by atoms with Crippen molar-refractivity contribution in [1.29, 1.82) is 0 Å². The van der Waals surface area contributed by atoms with Crippen LogP contribution in [-0.4, -0.2) is 17.5 Å². The zero-order valence-electron chi connectivity index (χ0n) is 3.45. The van der Waals surface area contributed by atoms with Crippen molar-refractivity contribution in [3.8, 4) is 0 Å². The van der Waals surface area contributed by atoms with E-state index in [0.29, 0.717) is 0 Å². The molecule has 0 aromatic carbocycles. The average Bonchev–Trinajstić information content (AvgIpc) is 0.722. The van der Waals surface area contributed by atoms with Crippen LogP contribution in [0, 0.1) is 0 Å². The molecule has 0 aliphatic carbocycles. The van der Waals surface area contributed by atoms with Gasteiger partial charge in [0, 0.05) is 10.4 Å². The summed E-state index contributed by atoms with van der Waals surface area (Å²) in [7, 11) is -5.17. The van der Waals surface area contributed by atoms with Gasteiger partial charge in [0.1, 0.15) is 0 Å². The Hall–Kier alpha value is 1.56. The first-order valence-corrected chi connectivity index (χ1v) is 2.00. The third-order valence-electron chi connectivity index (χ3n) is 0. The van der Waals surface area contributed by atoms with Crippen LogP contribution in [0.1, 0.15) is 0 Å². The Morgan fingerprint density at radius 1 is 1.14 bits per heavy atom. The topological polar surface area (TPSA) is 80.3 Å². The molecule has 7 heavy (non-hydrogen) atoms. The van der Waals surface area contributed by atoms with E-state index in [-0.39, 0.29) is 50.6 Å². The molecule has 0 bridgehead atoms. The second-order valence-electron chi connectivity index (χ2n) is 0.408. The minimum absolute atomic E-state index is 0. The molecule has 0 aliphatic rings. The van der Waals surface area contributed by atoms with Crippen molar-refractivity contribution in [2.45, 2.75) is 0 Å². The van der Waals surface area contributed by atoms with Gasteiger partial charge < -0.3 is 9.11 Å². The predicted octanol–water partition coefficient (Wildman–Crippen LogP) is -4.34. The van der Waals surface area contributed by atoms with E-state index in [0.717, 1.165) is 0 Å². The quantitative estimate of drug-likeness (QED) is 0.232. The maximum absolute atomic E-state index is 8.52. The summed E-state index contributed by atoms with van der Waals surface area (Å²) < 4.78 is 34.1. The van der Waals surface area contributed by atoms with E-state index in [4.69, 9.17) is 17.5 Å². The fourth-order valence-corrected chi connectivity index (χ4v) is 0. The van der Waals surface area contributed by atoms with Crippen molar-refractivity contribution in [2.75, 3.05) is 0 Å². The molecule has 0 unspecified atom stereocenters. The zero-order chi connectivity index (χ0) is 4.50. The Balaban J connectivity index is -0.0000000800. The van der Waals surface area contributed by atoms with E-state index in [9.17, 15) is 0 Å². The van der Waals surface area contributed by atoms with Crippen LogP contribution in [0.15, 0.2) is 0 Å². The molecule has 0 aromatic heterocycles. The molecule has 0 rings (SSSR count). The molecular formula is MoNaO4S+3. The van der Waals surface area contributed by atoms with E-state index in [1.807, 2.05) is 0 Å². The van der Waals surface area contributed by atoms with Crippen molar-refractivity contribution in [3.63, 3.8) is 0 Å². The first kappa shape index (κ1) is 15.8. The largest absolute Gasteiger partial charge is 4.00 e. The van der Waals surface area contributed by atoms with Gasteiger partial charge >= 0.3 is 50.6 Å². The van der Waals surface area contributed by atoms with Gasteiger partial charge in [-0.2, -0.15) is 0 Å². The smallest absolute Gasteiger partial charge is 0.759 e. The molecule has 0 amide bonds. The van der Waals surface area contributed by atoms with Crippen molar-refractivity contribution in [3.05, 3.63) is 0 Å². The van der Waals surface area contributed by atoms with Gasteiger partial charge in [-0.05, 0) is 0 Å². The maximum Gasteiger partial charge on any atom is 4.00 e. The summed E-state index contributed by atoms with van der Waals surface area (Å²) in [5, 5.41) is 0. The van der Waals surface area contributed by atoms with Crippen molar-refractivity contribution < 1.29 is 68.1 Å². The molecule has 0 aliphatic heterocycles. The van der Waals surface area contributed by atoms with Gasteiger partial charge in [-0.1, -0.05) is 0 Å². The molecule has 34 valence electrons. The monoisotopic (exact) mass is 217 g/mol. The normalized spacial score (nSPS) is 8.29. The van der Waals surface area contributed by atoms with Gasteiger partial charge in [-0.25, -0.2) is 0 Å². The minimum atomic E-state index is -5.17. The number of rotatable bonds is 0. The Bertz CT molecular complexity index is 94.9. The zero-order valence-corrected chi connectivity index (χ0v) is 8.27. The summed E-state index contributed by atoms with van der Waals surface area (Å²) in [5.74, 6) is 0. The third-order valence-corrected chi connectivity index (χ3v) is 0.